The number of hydrogen-bond acceptors (Lipinski definition) is 2. The fourth-order valence-corrected chi connectivity index (χ4v) is 3.63. The van der Waals surface area contributed by atoms with Gasteiger partial charge in [-0.05, 0) is 36.5 Å². The SMILES string of the molecule is C[C@@H](CCc1ccccc1)N[C@H](Cc1ccccc1)N(Cc1ccccc1)C(=O)O. The highest BCUT2D eigenvalue weighted by molar-refractivity contribution is 5.65. The van der Waals surface area contributed by atoms with Crippen LogP contribution in [0.15, 0.2) is 91.0 Å². The van der Waals surface area contributed by atoms with Crippen LogP contribution in [0.3, 0.4) is 0 Å². The van der Waals surface area contributed by atoms with Crippen molar-refractivity contribution in [3.05, 3.63) is 108 Å². The Morgan fingerprint density at radius 2 is 1.33 bits per heavy atom. The lowest BCUT2D eigenvalue weighted by Crippen LogP contribution is -2.52. The molecule has 0 unspecified atom stereocenters. The molecule has 156 valence electrons. The van der Waals surface area contributed by atoms with Crippen LogP contribution in [0.2, 0.25) is 0 Å². The average molecular weight is 403 g/mol. The third-order valence-electron chi connectivity index (χ3n) is 5.28. The first kappa shape index (κ1) is 21.6. The molecule has 0 saturated carbocycles. The van der Waals surface area contributed by atoms with Crippen molar-refractivity contribution < 1.29 is 9.90 Å². The molecule has 2 N–H and O–H groups in total. The van der Waals surface area contributed by atoms with Crippen LogP contribution >= 0.6 is 0 Å². The minimum absolute atomic E-state index is 0.177. The Balaban J connectivity index is 1.73. The Morgan fingerprint density at radius 3 is 1.87 bits per heavy atom. The van der Waals surface area contributed by atoms with Crippen molar-refractivity contribution in [2.24, 2.45) is 0 Å². The molecule has 0 aliphatic heterocycles. The largest absolute Gasteiger partial charge is 0.465 e. The van der Waals surface area contributed by atoms with Crippen LogP contribution in [0, 0.1) is 0 Å². The van der Waals surface area contributed by atoms with Crippen LogP contribution in [0.4, 0.5) is 4.79 Å². The van der Waals surface area contributed by atoms with E-state index in [2.05, 4.69) is 36.5 Å². The molecule has 4 heteroatoms. The molecule has 0 radical (unpaired) electrons. The van der Waals surface area contributed by atoms with E-state index in [9.17, 15) is 9.90 Å². The highest BCUT2D eigenvalue weighted by atomic mass is 16.4. The topological polar surface area (TPSA) is 52.6 Å². The van der Waals surface area contributed by atoms with Gasteiger partial charge >= 0.3 is 6.09 Å². The predicted molar refractivity (Wildman–Crippen MR) is 121 cm³/mol. The summed E-state index contributed by atoms with van der Waals surface area (Å²) in [6.07, 6.45) is 1.29. The molecule has 0 aliphatic carbocycles. The average Bonchev–Trinajstić information content (AvgIpc) is 2.77. The first-order valence-electron chi connectivity index (χ1n) is 10.5. The fraction of sp³-hybridized carbons (Fsp3) is 0.269. The third-order valence-corrected chi connectivity index (χ3v) is 5.28. The zero-order chi connectivity index (χ0) is 21.2. The van der Waals surface area contributed by atoms with Gasteiger partial charge in [0.15, 0.2) is 0 Å². The number of nitrogens with one attached hydrogen (secondary N) is 1. The lowest BCUT2D eigenvalue weighted by atomic mass is 10.0. The zero-order valence-corrected chi connectivity index (χ0v) is 17.4. The summed E-state index contributed by atoms with van der Waals surface area (Å²) in [7, 11) is 0. The summed E-state index contributed by atoms with van der Waals surface area (Å²) in [6, 6.07) is 30.4. The second-order valence-electron chi connectivity index (χ2n) is 7.69. The highest BCUT2D eigenvalue weighted by Crippen LogP contribution is 2.14. The van der Waals surface area contributed by atoms with Gasteiger partial charge in [0.2, 0.25) is 0 Å². The summed E-state index contributed by atoms with van der Waals surface area (Å²) in [4.78, 5) is 13.7. The number of hydrogen-bond donors (Lipinski definition) is 2. The molecule has 3 aromatic carbocycles. The number of carbonyl (C=O) groups is 1. The molecule has 3 aromatic rings. The molecule has 0 aromatic heterocycles. The first-order valence-corrected chi connectivity index (χ1v) is 10.5. The Hall–Kier alpha value is -3.11. The van der Waals surface area contributed by atoms with Gasteiger partial charge in [0.05, 0.1) is 12.7 Å². The summed E-state index contributed by atoms with van der Waals surface area (Å²) in [5, 5.41) is 13.6. The van der Waals surface area contributed by atoms with Crippen LogP contribution in [0.25, 0.3) is 0 Å². The number of aryl methyl sites for hydroxylation is 1. The molecule has 0 aliphatic rings. The van der Waals surface area contributed by atoms with Gasteiger partial charge in [-0.1, -0.05) is 91.0 Å². The van der Waals surface area contributed by atoms with Crippen LogP contribution < -0.4 is 5.32 Å². The van der Waals surface area contributed by atoms with Gasteiger partial charge in [-0.3, -0.25) is 10.2 Å². The lowest BCUT2D eigenvalue weighted by Gasteiger charge is -2.33. The van der Waals surface area contributed by atoms with Crippen LogP contribution in [-0.2, 0) is 19.4 Å². The molecule has 0 heterocycles. The number of amides is 1. The van der Waals surface area contributed by atoms with Gasteiger partial charge in [0.25, 0.3) is 0 Å². The molecule has 3 rings (SSSR count). The molecule has 0 fully saturated rings. The Kier molecular flexibility index (Phi) is 8.04. The highest BCUT2D eigenvalue weighted by Gasteiger charge is 2.25. The second-order valence-corrected chi connectivity index (χ2v) is 7.69. The standard InChI is InChI=1S/C26H30N2O2/c1-21(17-18-22-11-5-2-6-12-22)27-25(19-23-13-7-3-8-14-23)28(26(29)30)20-24-15-9-4-10-16-24/h2-16,21,25,27H,17-20H2,1H3,(H,29,30)/t21-,25-/m0/s1. The number of carboxylic acid groups (broad SMARTS) is 1. The van der Waals surface area contributed by atoms with Crippen molar-refractivity contribution >= 4 is 6.09 Å². The van der Waals surface area contributed by atoms with Crippen LogP contribution in [-0.4, -0.2) is 28.3 Å². The predicted octanol–water partition coefficient (Wildman–Crippen LogP) is 5.35. The normalized spacial score (nSPS) is 12.8. The van der Waals surface area contributed by atoms with E-state index < -0.39 is 6.09 Å². The van der Waals surface area contributed by atoms with Crippen LogP contribution in [0.1, 0.15) is 30.0 Å². The first-order chi connectivity index (χ1) is 14.6. The van der Waals surface area contributed by atoms with E-state index in [4.69, 9.17) is 0 Å². The summed E-state index contributed by atoms with van der Waals surface area (Å²) in [5.74, 6) is 0. The second kappa shape index (κ2) is 11.2. The molecule has 2 atom stereocenters. The molecule has 0 spiro atoms. The molecule has 0 bridgehead atoms. The maximum atomic E-state index is 12.2. The fourth-order valence-electron chi connectivity index (χ4n) is 3.63. The molecule has 1 amide bonds. The number of benzene rings is 3. The van der Waals surface area contributed by atoms with Crippen molar-refractivity contribution in [2.45, 2.75) is 44.9 Å². The minimum Gasteiger partial charge on any atom is -0.465 e. The zero-order valence-electron chi connectivity index (χ0n) is 17.4. The number of nitrogens with zero attached hydrogens (tertiary/aromatic N) is 1. The molecule has 4 nitrogen and oxygen atoms in total. The number of rotatable bonds is 10. The Labute approximate surface area is 179 Å². The van der Waals surface area contributed by atoms with E-state index in [1.165, 1.54) is 10.5 Å². The van der Waals surface area contributed by atoms with Gasteiger partial charge in [0.1, 0.15) is 0 Å². The Bertz CT molecular complexity index is 885. The van der Waals surface area contributed by atoms with Crippen molar-refractivity contribution in [3.8, 4) is 0 Å². The summed E-state index contributed by atoms with van der Waals surface area (Å²) < 4.78 is 0. The minimum atomic E-state index is -0.914. The van der Waals surface area contributed by atoms with Crippen molar-refractivity contribution in [3.63, 3.8) is 0 Å². The monoisotopic (exact) mass is 402 g/mol. The van der Waals surface area contributed by atoms with Crippen LogP contribution in [0.5, 0.6) is 0 Å². The summed E-state index contributed by atoms with van der Waals surface area (Å²) in [6.45, 7) is 2.48. The van der Waals surface area contributed by atoms with Crippen molar-refractivity contribution in [2.75, 3.05) is 0 Å². The smallest absolute Gasteiger partial charge is 0.408 e. The van der Waals surface area contributed by atoms with E-state index in [-0.39, 0.29) is 12.2 Å². The van der Waals surface area contributed by atoms with Gasteiger partial charge in [0, 0.05) is 12.5 Å². The maximum Gasteiger partial charge on any atom is 0.408 e. The van der Waals surface area contributed by atoms with E-state index in [0.717, 1.165) is 24.0 Å². The van der Waals surface area contributed by atoms with Crippen molar-refractivity contribution in [1.82, 2.24) is 10.2 Å². The quantitative estimate of drug-likeness (QED) is 0.450. The van der Waals surface area contributed by atoms with Gasteiger partial charge < -0.3 is 5.11 Å². The molecule has 30 heavy (non-hydrogen) atoms. The Morgan fingerprint density at radius 1 is 0.833 bits per heavy atom. The third kappa shape index (κ3) is 6.75. The van der Waals surface area contributed by atoms with Crippen molar-refractivity contribution in [1.29, 1.82) is 0 Å². The summed E-state index contributed by atoms with van der Waals surface area (Å²) in [5.41, 5.74) is 3.39. The van der Waals surface area contributed by atoms with E-state index >= 15 is 0 Å². The van der Waals surface area contributed by atoms with E-state index in [0.29, 0.717) is 13.0 Å². The van der Waals surface area contributed by atoms with E-state index in [1.807, 2.05) is 66.7 Å². The van der Waals surface area contributed by atoms with E-state index in [1.54, 1.807) is 0 Å². The van der Waals surface area contributed by atoms with Gasteiger partial charge in [-0.25, -0.2) is 4.79 Å². The van der Waals surface area contributed by atoms with Gasteiger partial charge in [-0.2, -0.15) is 0 Å². The molecular weight excluding hydrogens is 372 g/mol. The maximum absolute atomic E-state index is 12.2. The molecule has 0 saturated heterocycles. The summed E-state index contributed by atoms with van der Waals surface area (Å²) >= 11 is 0. The lowest BCUT2D eigenvalue weighted by molar-refractivity contribution is 0.104. The van der Waals surface area contributed by atoms with Gasteiger partial charge in [-0.15, -0.1) is 0 Å². The molecular formula is C26H30N2O2.